The van der Waals surface area contributed by atoms with Crippen molar-refractivity contribution < 1.29 is 9.53 Å². The van der Waals surface area contributed by atoms with Gasteiger partial charge >= 0.3 is 0 Å². The lowest BCUT2D eigenvalue weighted by Crippen LogP contribution is -2.31. The molecule has 0 saturated carbocycles. The molecule has 5 nitrogen and oxygen atoms in total. The van der Waals surface area contributed by atoms with Crippen molar-refractivity contribution in [1.82, 2.24) is 14.9 Å². The maximum Gasteiger partial charge on any atom is 0.272 e. The van der Waals surface area contributed by atoms with Crippen LogP contribution in [0.2, 0.25) is 5.02 Å². The smallest absolute Gasteiger partial charge is 0.272 e. The van der Waals surface area contributed by atoms with Gasteiger partial charge in [-0.25, -0.2) is 4.98 Å². The number of methoxy groups -OCH3 is 1. The maximum atomic E-state index is 12.4. The third kappa shape index (κ3) is 3.15. The maximum absolute atomic E-state index is 12.4. The van der Waals surface area contributed by atoms with Gasteiger partial charge < -0.3 is 14.6 Å². The molecule has 1 N–H and O–H groups in total. The molecule has 1 atom stereocenters. The van der Waals surface area contributed by atoms with Crippen LogP contribution in [0.1, 0.15) is 34.3 Å². The first-order valence-electron chi connectivity index (χ1n) is 7.28. The number of aromatic nitrogens is 2. The Balaban J connectivity index is 1.76. The zero-order valence-corrected chi connectivity index (χ0v) is 13.1. The number of amides is 1. The van der Waals surface area contributed by atoms with E-state index >= 15 is 0 Å². The van der Waals surface area contributed by atoms with Crippen LogP contribution in [0.25, 0.3) is 0 Å². The number of carbonyl (C=O) groups is 1. The number of benzene rings is 1. The highest BCUT2D eigenvalue weighted by molar-refractivity contribution is 6.30. The van der Waals surface area contributed by atoms with Gasteiger partial charge in [-0.1, -0.05) is 23.7 Å². The average molecular weight is 320 g/mol. The molecule has 0 saturated heterocycles. The van der Waals surface area contributed by atoms with E-state index < -0.39 is 0 Å². The van der Waals surface area contributed by atoms with Crippen LogP contribution in [0.3, 0.4) is 0 Å². The number of ether oxygens (including phenoxy) is 1. The first kappa shape index (κ1) is 15.1. The average Bonchev–Trinajstić information content (AvgIpc) is 3.08. The van der Waals surface area contributed by atoms with E-state index in [1.54, 1.807) is 13.2 Å². The van der Waals surface area contributed by atoms with E-state index in [4.69, 9.17) is 16.3 Å². The standard InChI is InChI=1S/C16H18ClN3O2/c1-22-10-14(11-4-2-5-12(17)8-11)19-16(21)13-9-20-7-3-6-15(20)18-13/h2,4-5,8-9,14H,3,6-7,10H2,1H3,(H,19,21)/t14-/m0/s1. The van der Waals surface area contributed by atoms with E-state index in [1.165, 1.54) is 0 Å². The van der Waals surface area contributed by atoms with Gasteiger partial charge in [0.2, 0.25) is 0 Å². The lowest BCUT2D eigenvalue weighted by molar-refractivity contribution is 0.0891. The van der Waals surface area contributed by atoms with Gasteiger partial charge in [0.1, 0.15) is 11.5 Å². The zero-order chi connectivity index (χ0) is 15.5. The predicted octanol–water partition coefficient (Wildman–Crippen LogP) is 2.60. The summed E-state index contributed by atoms with van der Waals surface area (Å²) in [6.45, 7) is 1.31. The van der Waals surface area contributed by atoms with Crippen molar-refractivity contribution in [3.8, 4) is 0 Å². The summed E-state index contributed by atoms with van der Waals surface area (Å²) in [5.41, 5.74) is 1.37. The molecule has 2 heterocycles. The summed E-state index contributed by atoms with van der Waals surface area (Å²) >= 11 is 6.02. The summed E-state index contributed by atoms with van der Waals surface area (Å²) in [5, 5.41) is 3.60. The van der Waals surface area contributed by atoms with Gasteiger partial charge in [0.15, 0.2) is 0 Å². The lowest BCUT2D eigenvalue weighted by atomic mass is 10.1. The topological polar surface area (TPSA) is 56.1 Å². The van der Waals surface area contributed by atoms with Gasteiger partial charge in [-0.15, -0.1) is 0 Å². The number of carbonyl (C=O) groups excluding carboxylic acids is 1. The van der Waals surface area contributed by atoms with E-state index in [1.807, 2.05) is 29.0 Å². The molecule has 0 aliphatic carbocycles. The Bertz CT molecular complexity index is 662. The van der Waals surface area contributed by atoms with Crippen molar-refractivity contribution in [2.75, 3.05) is 13.7 Å². The van der Waals surface area contributed by atoms with Gasteiger partial charge in [-0.05, 0) is 24.1 Å². The minimum atomic E-state index is -0.257. The third-order valence-corrected chi connectivity index (χ3v) is 4.02. The second kappa shape index (κ2) is 6.50. The number of aryl methyl sites for hydroxylation is 2. The summed E-state index contributed by atoms with van der Waals surface area (Å²) < 4.78 is 7.25. The van der Waals surface area contributed by atoms with E-state index in [0.717, 1.165) is 30.8 Å². The Morgan fingerprint density at radius 2 is 2.41 bits per heavy atom. The van der Waals surface area contributed by atoms with Crippen LogP contribution in [0.4, 0.5) is 0 Å². The second-order valence-corrected chi connectivity index (χ2v) is 5.81. The molecule has 3 rings (SSSR count). The van der Waals surface area contributed by atoms with Crippen LogP contribution in [-0.4, -0.2) is 29.2 Å². The van der Waals surface area contributed by atoms with Crippen molar-refractivity contribution in [3.63, 3.8) is 0 Å². The molecule has 0 spiro atoms. The van der Waals surface area contributed by atoms with Crippen LogP contribution in [-0.2, 0) is 17.7 Å². The number of hydrogen-bond donors (Lipinski definition) is 1. The molecule has 1 aliphatic rings. The van der Waals surface area contributed by atoms with Gasteiger partial charge in [0.05, 0.1) is 12.6 Å². The fraction of sp³-hybridized carbons (Fsp3) is 0.375. The van der Waals surface area contributed by atoms with Crippen molar-refractivity contribution >= 4 is 17.5 Å². The largest absolute Gasteiger partial charge is 0.382 e. The zero-order valence-electron chi connectivity index (χ0n) is 12.4. The molecular formula is C16H18ClN3O2. The molecule has 0 radical (unpaired) electrons. The fourth-order valence-corrected chi connectivity index (χ4v) is 2.91. The molecule has 1 aromatic heterocycles. The van der Waals surface area contributed by atoms with Crippen molar-refractivity contribution in [3.05, 3.63) is 52.6 Å². The summed E-state index contributed by atoms with van der Waals surface area (Å²) in [4.78, 5) is 16.8. The molecule has 0 fully saturated rings. The number of nitrogens with one attached hydrogen (secondary N) is 1. The highest BCUT2D eigenvalue weighted by Crippen LogP contribution is 2.19. The number of fused-ring (bicyclic) bond motifs is 1. The molecule has 1 aromatic carbocycles. The number of imidazole rings is 1. The molecule has 0 bridgehead atoms. The predicted molar refractivity (Wildman–Crippen MR) is 84.1 cm³/mol. The van der Waals surface area contributed by atoms with Crippen LogP contribution in [0.15, 0.2) is 30.5 Å². The SMILES string of the molecule is COC[C@H](NC(=O)c1cn2c(n1)CCC2)c1cccc(Cl)c1. The van der Waals surface area contributed by atoms with Crippen LogP contribution in [0, 0.1) is 0 Å². The summed E-state index contributed by atoms with van der Waals surface area (Å²) in [6, 6.07) is 7.16. The molecular weight excluding hydrogens is 302 g/mol. The van der Waals surface area contributed by atoms with E-state index in [2.05, 4.69) is 10.3 Å². The van der Waals surface area contributed by atoms with Crippen molar-refractivity contribution in [2.24, 2.45) is 0 Å². The normalized spacial score (nSPS) is 14.6. The molecule has 22 heavy (non-hydrogen) atoms. The van der Waals surface area contributed by atoms with E-state index in [9.17, 15) is 4.79 Å². The van der Waals surface area contributed by atoms with Gasteiger partial charge in [-0.3, -0.25) is 4.79 Å². The Kier molecular flexibility index (Phi) is 4.45. The quantitative estimate of drug-likeness (QED) is 0.921. The molecule has 116 valence electrons. The molecule has 0 unspecified atom stereocenters. The first-order valence-corrected chi connectivity index (χ1v) is 7.66. The highest BCUT2D eigenvalue weighted by Gasteiger charge is 2.21. The molecule has 6 heteroatoms. The molecule has 1 aliphatic heterocycles. The molecule has 1 amide bonds. The van der Waals surface area contributed by atoms with Gasteiger partial charge in [0.25, 0.3) is 5.91 Å². The monoisotopic (exact) mass is 319 g/mol. The Morgan fingerprint density at radius 3 is 3.14 bits per heavy atom. The minimum absolute atomic E-state index is 0.191. The third-order valence-electron chi connectivity index (χ3n) is 3.78. The molecule has 2 aromatic rings. The summed E-state index contributed by atoms with van der Waals surface area (Å²) in [7, 11) is 1.61. The van der Waals surface area contributed by atoms with Gasteiger partial charge in [-0.2, -0.15) is 0 Å². The lowest BCUT2D eigenvalue weighted by Gasteiger charge is -2.18. The van der Waals surface area contributed by atoms with E-state index in [-0.39, 0.29) is 11.9 Å². The Hall–Kier alpha value is -1.85. The summed E-state index contributed by atoms with van der Waals surface area (Å²) in [6.07, 6.45) is 3.85. The Labute approximate surface area is 134 Å². The Morgan fingerprint density at radius 1 is 1.55 bits per heavy atom. The van der Waals surface area contributed by atoms with Crippen molar-refractivity contribution in [2.45, 2.75) is 25.4 Å². The number of hydrogen-bond acceptors (Lipinski definition) is 3. The summed E-state index contributed by atoms with van der Waals surface area (Å²) in [5.74, 6) is 0.792. The van der Waals surface area contributed by atoms with Crippen LogP contribution in [0.5, 0.6) is 0 Å². The second-order valence-electron chi connectivity index (χ2n) is 5.38. The van der Waals surface area contributed by atoms with Crippen LogP contribution < -0.4 is 5.32 Å². The minimum Gasteiger partial charge on any atom is -0.382 e. The fourth-order valence-electron chi connectivity index (χ4n) is 2.71. The number of halogens is 1. The highest BCUT2D eigenvalue weighted by atomic mass is 35.5. The van der Waals surface area contributed by atoms with E-state index in [0.29, 0.717) is 17.3 Å². The van der Waals surface area contributed by atoms with Crippen molar-refractivity contribution in [1.29, 1.82) is 0 Å². The van der Waals surface area contributed by atoms with Crippen LogP contribution >= 0.6 is 11.6 Å². The first-order chi connectivity index (χ1) is 10.7. The number of rotatable bonds is 5. The number of nitrogens with zero attached hydrogens (tertiary/aromatic N) is 2. The van der Waals surface area contributed by atoms with Gasteiger partial charge in [0, 0.05) is 31.3 Å².